The predicted octanol–water partition coefficient (Wildman–Crippen LogP) is 0.953. The van der Waals surface area contributed by atoms with Gasteiger partial charge in [0.05, 0.1) is 18.8 Å². The maximum absolute atomic E-state index is 8.71. The second-order valence-corrected chi connectivity index (χ2v) is 4.76. The molecule has 3 rings (SSSR count). The number of aryl methyl sites for hydroxylation is 1. The molecular weight excluding hydrogens is 258 g/mol. The molecule has 1 aromatic carbocycles. The van der Waals surface area contributed by atoms with Crippen molar-refractivity contribution >= 4 is 5.84 Å². The Morgan fingerprint density at radius 2 is 2.20 bits per heavy atom. The van der Waals surface area contributed by atoms with Crippen LogP contribution in [0.1, 0.15) is 28.6 Å². The first kappa shape index (κ1) is 12.6. The minimum atomic E-state index is -0.0649. The topological polar surface area (TPSA) is 98.6 Å². The molecule has 0 amide bonds. The largest absolute Gasteiger partial charge is 0.409 e. The van der Waals surface area contributed by atoms with E-state index in [1.807, 2.05) is 19.1 Å². The van der Waals surface area contributed by atoms with Crippen molar-refractivity contribution < 1.29 is 9.94 Å². The monoisotopic (exact) mass is 273 g/mol. The number of nitrogens with zero attached hydrogens (tertiary/aromatic N) is 4. The van der Waals surface area contributed by atoms with E-state index in [0.29, 0.717) is 18.8 Å². The van der Waals surface area contributed by atoms with E-state index in [1.54, 1.807) is 4.68 Å². The van der Waals surface area contributed by atoms with Crippen molar-refractivity contribution in [3.63, 3.8) is 0 Å². The summed E-state index contributed by atoms with van der Waals surface area (Å²) in [5.74, 6) is -0.0522. The maximum Gasteiger partial charge on any atom is 0.192 e. The number of rotatable bonds is 2. The van der Waals surface area contributed by atoms with Crippen LogP contribution in [0.2, 0.25) is 0 Å². The number of aromatic nitrogens is 3. The van der Waals surface area contributed by atoms with Crippen LogP contribution in [0.3, 0.4) is 0 Å². The van der Waals surface area contributed by atoms with Gasteiger partial charge in [-0.3, -0.25) is 0 Å². The lowest BCUT2D eigenvalue weighted by Crippen LogP contribution is -2.24. The quantitative estimate of drug-likeness (QED) is 0.367. The molecule has 2 heterocycles. The van der Waals surface area contributed by atoms with Crippen LogP contribution >= 0.6 is 0 Å². The van der Waals surface area contributed by atoms with Crippen LogP contribution in [0.5, 0.6) is 0 Å². The van der Waals surface area contributed by atoms with Gasteiger partial charge in [-0.2, -0.15) is 0 Å². The van der Waals surface area contributed by atoms with E-state index < -0.39 is 0 Å². The molecule has 0 aliphatic carbocycles. The average molecular weight is 273 g/mol. The van der Waals surface area contributed by atoms with Gasteiger partial charge >= 0.3 is 0 Å². The first-order valence-corrected chi connectivity index (χ1v) is 6.27. The van der Waals surface area contributed by atoms with Crippen molar-refractivity contribution in [2.75, 3.05) is 0 Å². The maximum atomic E-state index is 8.71. The predicted molar refractivity (Wildman–Crippen MR) is 71.2 cm³/mol. The summed E-state index contributed by atoms with van der Waals surface area (Å²) >= 11 is 0. The summed E-state index contributed by atoms with van der Waals surface area (Å²) in [5.41, 5.74) is 8.96. The fourth-order valence-corrected chi connectivity index (χ4v) is 2.24. The Morgan fingerprint density at radius 3 is 2.90 bits per heavy atom. The third-order valence-corrected chi connectivity index (χ3v) is 3.40. The van der Waals surface area contributed by atoms with Crippen LogP contribution in [0.4, 0.5) is 0 Å². The Labute approximate surface area is 115 Å². The van der Waals surface area contributed by atoms with Gasteiger partial charge in [0.1, 0.15) is 6.10 Å². The molecule has 0 fully saturated rings. The molecule has 0 saturated carbocycles. The molecule has 2 aromatic rings. The van der Waals surface area contributed by atoms with E-state index in [0.717, 1.165) is 11.3 Å². The van der Waals surface area contributed by atoms with Gasteiger partial charge < -0.3 is 15.7 Å². The van der Waals surface area contributed by atoms with Gasteiger partial charge in [0, 0.05) is 0 Å². The smallest absolute Gasteiger partial charge is 0.192 e. The summed E-state index contributed by atoms with van der Waals surface area (Å²) in [4.78, 5) is 0. The lowest BCUT2D eigenvalue weighted by atomic mass is 10.1. The van der Waals surface area contributed by atoms with Crippen molar-refractivity contribution in [3.8, 4) is 0 Å². The molecule has 0 unspecified atom stereocenters. The Morgan fingerprint density at radius 1 is 1.45 bits per heavy atom. The second-order valence-electron chi connectivity index (χ2n) is 4.76. The zero-order valence-electron chi connectivity index (χ0n) is 11.0. The molecule has 0 bridgehead atoms. The van der Waals surface area contributed by atoms with Crippen LogP contribution in [-0.2, 0) is 17.9 Å². The van der Waals surface area contributed by atoms with Crippen LogP contribution in [0, 0.1) is 6.92 Å². The van der Waals surface area contributed by atoms with Gasteiger partial charge in [-0.15, -0.1) is 5.10 Å². The highest BCUT2D eigenvalue weighted by molar-refractivity contribution is 5.96. The minimum absolute atomic E-state index is 0.0522. The highest BCUT2D eigenvalue weighted by Gasteiger charge is 2.26. The van der Waals surface area contributed by atoms with E-state index in [2.05, 4.69) is 27.6 Å². The molecule has 1 atom stereocenters. The normalized spacial score (nSPS) is 18.9. The Bertz CT molecular complexity index is 647. The van der Waals surface area contributed by atoms with Crippen LogP contribution in [0.25, 0.3) is 0 Å². The number of ether oxygens (including phenoxy) is 1. The standard InChI is InChI=1S/C13H15N5O2/c1-8-2-4-9(5-3-8)11-6-18-10(7-20-11)12(15-17-18)13(14)16-19/h2-5,11,19H,6-7H2,1H3,(H2,14,16)/t11-/m1/s1. The number of hydrogen-bond donors (Lipinski definition) is 2. The Balaban J connectivity index is 1.86. The molecule has 1 aromatic heterocycles. The van der Waals surface area contributed by atoms with Gasteiger partial charge in [0.15, 0.2) is 11.5 Å². The Hall–Kier alpha value is -2.41. The lowest BCUT2D eigenvalue weighted by Gasteiger charge is -2.24. The van der Waals surface area contributed by atoms with Gasteiger partial charge in [0.25, 0.3) is 0 Å². The fourth-order valence-electron chi connectivity index (χ4n) is 2.24. The summed E-state index contributed by atoms with van der Waals surface area (Å²) in [6.07, 6.45) is -0.0649. The molecule has 1 aliphatic heterocycles. The lowest BCUT2D eigenvalue weighted by molar-refractivity contribution is -0.00147. The number of amidine groups is 1. The highest BCUT2D eigenvalue weighted by Crippen LogP contribution is 2.26. The Kier molecular flexibility index (Phi) is 3.11. The minimum Gasteiger partial charge on any atom is -0.409 e. The molecule has 0 spiro atoms. The van der Waals surface area contributed by atoms with Crippen molar-refractivity contribution in [1.29, 1.82) is 0 Å². The molecule has 3 N–H and O–H groups in total. The van der Waals surface area contributed by atoms with Crippen molar-refractivity contribution in [3.05, 3.63) is 46.8 Å². The fraction of sp³-hybridized carbons (Fsp3) is 0.308. The van der Waals surface area contributed by atoms with Gasteiger partial charge in [-0.05, 0) is 12.5 Å². The van der Waals surface area contributed by atoms with Crippen molar-refractivity contribution in [2.45, 2.75) is 26.2 Å². The first-order chi connectivity index (χ1) is 9.69. The number of fused-ring (bicyclic) bond motifs is 1. The number of benzene rings is 1. The number of nitrogens with two attached hydrogens (primary N) is 1. The summed E-state index contributed by atoms with van der Waals surface area (Å²) in [6, 6.07) is 8.20. The molecule has 0 saturated heterocycles. The zero-order chi connectivity index (χ0) is 14.1. The summed E-state index contributed by atoms with van der Waals surface area (Å²) in [5, 5.41) is 19.6. The van der Waals surface area contributed by atoms with Gasteiger partial charge in [-0.1, -0.05) is 40.2 Å². The molecule has 20 heavy (non-hydrogen) atoms. The summed E-state index contributed by atoms with van der Waals surface area (Å²) in [6.45, 7) is 2.94. The third-order valence-electron chi connectivity index (χ3n) is 3.40. The van der Waals surface area contributed by atoms with E-state index in [9.17, 15) is 0 Å². The molecule has 7 nitrogen and oxygen atoms in total. The van der Waals surface area contributed by atoms with E-state index in [-0.39, 0.29) is 11.9 Å². The number of hydrogen-bond acceptors (Lipinski definition) is 5. The van der Waals surface area contributed by atoms with E-state index in [1.165, 1.54) is 5.56 Å². The average Bonchev–Trinajstić information content (AvgIpc) is 2.90. The molecular formula is C13H15N5O2. The summed E-state index contributed by atoms with van der Waals surface area (Å²) < 4.78 is 7.57. The van der Waals surface area contributed by atoms with E-state index >= 15 is 0 Å². The molecule has 104 valence electrons. The second kappa shape index (κ2) is 4.93. The first-order valence-electron chi connectivity index (χ1n) is 6.27. The van der Waals surface area contributed by atoms with Gasteiger partial charge in [0.2, 0.25) is 0 Å². The SMILES string of the molecule is Cc1ccc([C@H]2Cn3nnc(/C(N)=N\O)c3CO2)cc1. The molecule has 7 heteroatoms. The van der Waals surface area contributed by atoms with Crippen molar-refractivity contribution in [1.82, 2.24) is 15.0 Å². The third kappa shape index (κ3) is 2.12. The molecule has 1 aliphatic rings. The highest BCUT2D eigenvalue weighted by atomic mass is 16.5. The van der Waals surface area contributed by atoms with Crippen LogP contribution < -0.4 is 5.73 Å². The van der Waals surface area contributed by atoms with Crippen molar-refractivity contribution in [2.24, 2.45) is 10.9 Å². The number of oxime groups is 1. The molecule has 0 radical (unpaired) electrons. The summed E-state index contributed by atoms with van der Waals surface area (Å²) in [7, 11) is 0. The van der Waals surface area contributed by atoms with Crippen LogP contribution in [0.15, 0.2) is 29.4 Å². The van der Waals surface area contributed by atoms with Gasteiger partial charge in [-0.25, -0.2) is 4.68 Å². The van der Waals surface area contributed by atoms with E-state index in [4.69, 9.17) is 15.7 Å². The zero-order valence-corrected chi connectivity index (χ0v) is 11.0. The van der Waals surface area contributed by atoms with Crippen LogP contribution in [-0.4, -0.2) is 26.0 Å².